The van der Waals surface area contributed by atoms with Gasteiger partial charge < -0.3 is 9.47 Å². The number of aliphatic imine (C=N–C) groups is 1. The number of ether oxygens (including phenoxy) is 2. The van der Waals surface area contributed by atoms with E-state index in [-0.39, 0.29) is 0 Å². The molecule has 6 heteroatoms. The number of methoxy groups -OCH3 is 1. The van der Waals surface area contributed by atoms with Gasteiger partial charge in [-0.05, 0) is 35.9 Å². The molecule has 0 aliphatic carbocycles. The summed E-state index contributed by atoms with van der Waals surface area (Å²) in [6, 6.07) is 16.8. The number of amidine groups is 1. The second-order valence-corrected chi connectivity index (χ2v) is 6.83. The predicted molar refractivity (Wildman–Crippen MR) is 106 cm³/mol. The maximum absolute atomic E-state index is 5.97. The first-order valence-electron chi connectivity index (χ1n) is 8.45. The van der Waals surface area contributed by atoms with Gasteiger partial charge in [-0.15, -0.1) is 0 Å². The number of thiazole rings is 1. The highest BCUT2D eigenvalue weighted by Crippen LogP contribution is 2.29. The molecule has 0 bridgehead atoms. The summed E-state index contributed by atoms with van der Waals surface area (Å²) in [7, 11) is 1.67. The van der Waals surface area contributed by atoms with E-state index in [4.69, 9.17) is 14.5 Å². The third-order valence-electron chi connectivity index (χ3n) is 4.10. The van der Waals surface area contributed by atoms with Crippen LogP contribution in [0.25, 0.3) is 10.2 Å². The lowest BCUT2D eigenvalue weighted by Crippen LogP contribution is -2.35. The minimum Gasteiger partial charge on any atom is -0.497 e. The van der Waals surface area contributed by atoms with Crippen LogP contribution < -0.4 is 9.64 Å². The molecule has 1 aliphatic heterocycles. The van der Waals surface area contributed by atoms with Crippen LogP contribution in [0.1, 0.15) is 5.56 Å². The molecule has 2 aromatic carbocycles. The molecule has 5 nitrogen and oxygen atoms in total. The van der Waals surface area contributed by atoms with Crippen molar-refractivity contribution in [2.45, 2.75) is 6.42 Å². The zero-order valence-corrected chi connectivity index (χ0v) is 15.3. The first kappa shape index (κ1) is 16.6. The molecule has 3 aromatic rings. The Morgan fingerprint density at radius 1 is 1.12 bits per heavy atom. The number of benzene rings is 2. The van der Waals surface area contributed by atoms with Crippen molar-refractivity contribution < 1.29 is 9.47 Å². The van der Waals surface area contributed by atoms with Crippen LogP contribution in [0.15, 0.2) is 65.8 Å². The lowest BCUT2D eigenvalue weighted by atomic mass is 10.1. The summed E-state index contributed by atoms with van der Waals surface area (Å²) in [5.41, 5.74) is 2.20. The monoisotopic (exact) mass is 365 g/mol. The Morgan fingerprint density at radius 2 is 1.96 bits per heavy atom. The maximum atomic E-state index is 5.97. The van der Waals surface area contributed by atoms with Crippen LogP contribution in [0.5, 0.6) is 5.75 Å². The molecule has 1 aromatic heterocycles. The quantitative estimate of drug-likeness (QED) is 0.678. The molecule has 0 amide bonds. The van der Waals surface area contributed by atoms with Gasteiger partial charge in [0.05, 0.1) is 23.9 Å². The summed E-state index contributed by atoms with van der Waals surface area (Å²) in [4.78, 5) is 11.1. The molecule has 0 N–H and O–H groups in total. The predicted octanol–water partition coefficient (Wildman–Crippen LogP) is 4.25. The zero-order valence-electron chi connectivity index (χ0n) is 14.5. The minimum absolute atomic E-state index is 0.556. The van der Waals surface area contributed by atoms with E-state index in [2.05, 4.69) is 23.2 Å². The number of fused-ring (bicyclic) bond motifs is 1. The molecule has 0 unspecified atom stereocenters. The van der Waals surface area contributed by atoms with Crippen LogP contribution in [-0.2, 0) is 11.2 Å². The van der Waals surface area contributed by atoms with Gasteiger partial charge in [-0.1, -0.05) is 35.6 Å². The Morgan fingerprint density at radius 3 is 2.77 bits per heavy atom. The average Bonchev–Trinajstić information content (AvgIpc) is 3.13. The van der Waals surface area contributed by atoms with Crippen LogP contribution in [0, 0.1) is 0 Å². The summed E-state index contributed by atoms with van der Waals surface area (Å²) in [6.07, 6.45) is 4.59. The highest BCUT2D eigenvalue weighted by atomic mass is 32.1. The lowest BCUT2D eigenvalue weighted by Gasteiger charge is -2.23. The van der Waals surface area contributed by atoms with E-state index in [9.17, 15) is 0 Å². The lowest BCUT2D eigenvalue weighted by molar-refractivity contribution is 0.300. The Hall–Kier alpha value is -2.86. The van der Waals surface area contributed by atoms with Gasteiger partial charge in [-0.2, -0.15) is 0 Å². The van der Waals surface area contributed by atoms with E-state index < -0.39 is 0 Å². The Balaban J connectivity index is 1.43. The highest BCUT2D eigenvalue weighted by molar-refractivity contribution is 7.22. The fourth-order valence-electron chi connectivity index (χ4n) is 2.72. The number of anilines is 1. The molecule has 0 saturated carbocycles. The second kappa shape index (κ2) is 7.58. The first-order valence-corrected chi connectivity index (χ1v) is 9.27. The molecule has 0 radical (unpaired) electrons. The summed E-state index contributed by atoms with van der Waals surface area (Å²) in [5.74, 6) is 0.860. The van der Waals surface area contributed by atoms with Crippen LogP contribution in [0.2, 0.25) is 0 Å². The van der Waals surface area contributed by atoms with Crippen molar-refractivity contribution in [3.05, 3.63) is 66.4 Å². The molecule has 0 saturated heterocycles. The minimum atomic E-state index is 0.556. The molecule has 132 valence electrons. The molecule has 26 heavy (non-hydrogen) atoms. The van der Waals surface area contributed by atoms with Crippen molar-refractivity contribution in [2.24, 2.45) is 4.99 Å². The molecule has 4 rings (SSSR count). The molecule has 1 aliphatic rings. The summed E-state index contributed by atoms with van der Waals surface area (Å²) in [5, 5.41) is 0.902. The molecular weight excluding hydrogens is 346 g/mol. The second-order valence-electron chi connectivity index (χ2n) is 5.82. The fraction of sp³-hybridized carbons (Fsp3) is 0.200. The van der Waals surface area contributed by atoms with E-state index in [0.717, 1.165) is 27.5 Å². The first-order chi connectivity index (χ1) is 12.8. The summed E-state index contributed by atoms with van der Waals surface area (Å²) < 4.78 is 12.3. The van der Waals surface area contributed by atoms with Gasteiger partial charge in [0.15, 0.2) is 5.13 Å². The Labute approximate surface area is 156 Å². The topological polar surface area (TPSA) is 47.0 Å². The van der Waals surface area contributed by atoms with Crippen LogP contribution in [0.3, 0.4) is 0 Å². The van der Waals surface area contributed by atoms with Gasteiger partial charge in [0.25, 0.3) is 6.02 Å². The van der Waals surface area contributed by atoms with Gasteiger partial charge in [0, 0.05) is 19.2 Å². The molecule has 0 atom stereocenters. The smallest absolute Gasteiger partial charge is 0.298 e. The number of aromatic nitrogens is 1. The number of hydrogen-bond donors (Lipinski definition) is 0. The Kier molecular flexibility index (Phi) is 4.84. The molecular formula is C20H19N3O2S. The molecule has 0 spiro atoms. The van der Waals surface area contributed by atoms with Gasteiger partial charge in [-0.25, -0.2) is 9.98 Å². The van der Waals surface area contributed by atoms with Gasteiger partial charge in [0.1, 0.15) is 5.75 Å². The van der Waals surface area contributed by atoms with E-state index in [1.165, 1.54) is 5.56 Å². The SMILES string of the molecule is COc1ccc(CCOC2=NC=CCN2c2nc3ccccc3s2)cc1. The van der Waals surface area contributed by atoms with Crippen molar-refractivity contribution in [3.63, 3.8) is 0 Å². The Bertz CT molecular complexity index is 914. The van der Waals surface area contributed by atoms with Gasteiger partial charge in [-0.3, -0.25) is 4.90 Å². The van der Waals surface area contributed by atoms with Crippen LogP contribution >= 0.6 is 11.3 Å². The van der Waals surface area contributed by atoms with E-state index in [0.29, 0.717) is 19.2 Å². The molecule has 2 heterocycles. The van der Waals surface area contributed by atoms with Crippen LogP contribution in [0.4, 0.5) is 5.13 Å². The van der Waals surface area contributed by atoms with E-state index >= 15 is 0 Å². The summed E-state index contributed by atoms with van der Waals surface area (Å²) in [6.45, 7) is 1.27. The normalized spacial score (nSPS) is 13.7. The number of para-hydroxylation sites is 1. The van der Waals surface area contributed by atoms with Gasteiger partial charge in [0.2, 0.25) is 0 Å². The fourth-order valence-corrected chi connectivity index (χ4v) is 3.69. The van der Waals surface area contributed by atoms with Crippen molar-refractivity contribution in [3.8, 4) is 5.75 Å². The van der Waals surface area contributed by atoms with Crippen molar-refractivity contribution in [2.75, 3.05) is 25.2 Å². The van der Waals surface area contributed by atoms with E-state index in [1.54, 1.807) is 24.6 Å². The third kappa shape index (κ3) is 3.55. The average molecular weight is 365 g/mol. The number of nitrogens with zero attached hydrogens (tertiary/aromatic N) is 3. The summed E-state index contributed by atoms with van der Waals surface area (Å²) >= 11 is 1.65. The van der Waals surface area contributed by atoms with Crippen molar-refractivity contribution in [1.82, 2.24) is 4.98 Å². The largest absolute Gasteiger partial charge is 0.497 e. The van der Waals surface area contributed by atoms with E-state index in [1.807, 2.05) is 41.3 Å². The van der Waals surface area contributed by atoms with Crippen molar-refractivity contribution >= 4 is 32.7 Å². The van der Waals surface area contributed by atoms with Crippen molar-refractivity contribution in [1.29, 1.82) is 0 Å². The zero-order chi connectivity index (χ0) is 17.8. The molecule has 0 fully saturated rings. The number of hydrogen-bond acceptors (Lipinski definition) is 6. The maximum Gasteiger partial charge on any atom is 0.298 e. The standard InChI is InChI=1S/C20H19N3O2S/c1-24-16-9-7-15(8-10-16)11-14-25-19-21-12-4-13-23(19)20-22-17-5-2-3-6-18(17)26-20/h2-10,12H,11,13-14H2,1H3. The third-order valence-corrected chi connectivity index (χ3v) is 5.16. The van der Waals surface area contributed by atoms with Crippen LogP contribution in [-0.4, -0.2) is 31.3 Å². The van der Waals surface area contributed by atoms with Gasteiger partial charge >= 0.3 is 0 Å². The number of rotatable bonds is 5. The highest BCUT2D eigenvalue weighted by Gasteiger charge is 2.20.